The fraction of sp³-hybridized carbons (Fsp3) is 0.348. The van der Waals surface area contributed by atoms with Crippen molar-refractivity contribution in [3.8, 4) is 5.75 Å². The maximum atomic E-state index is 11.8. The van der Waals surface area contributed by atoms with Gasteiger partial charge in [-0.3, -0.25) is 14.5 Å². The third kappa shape index (κ3) is 8.41. The smallest absolute Gasteiger partial charge is 0.329 e. The zero-order valence-electron chi connectivity index (χ0n) is 17.8. The number of hydrogen-bond acceptors (Lipinski definition) is 6. The molecule has 1 aliphatic rings. The number of rotatable bonds is 9. The molecule has 1 aliphatic heterocycles. The van der Waals surface area contributed by atoms with Crippen molar-refractivity contribution < 1.29 is 19.1 Å². The predicted molar refractivity (Wildman–Crippen MR) is 126 cm³/mol. The van der Waals surface area contributed by atoms with E-state index in [1.54, 1.807) is 0 Å². The van der Waals surface area contributed by atoms with Crippen molar-refractivity contribution in [1.82, 2.24) is 15.6 Å². The fourth-order valence-corrected chi connectivity index (χ4v) is 3.29. The molecule has 8 nitrogen and oxygen atoms in total. The van der Waals surface area contributed by atoms with Gasteiger partial charge in [-0.15, -0.1) is 0 Å². The quantitative estimate of drug-likeness (QED) is 0.237. The van der Waals surface area contributed by atoms with E-state index >= 15 is 0 Å². The summed E-state index contributed by atoms with van der Waals surface area (Å²) in [7, 11) is 0. The van der Waals surface area contributed by atoms with Crippen LogP contribution in [0.2, 0.25) is 0 Å². The second-order valence-corrected chi connectivity index (χ2v) is 8.16. The SMILES string of the molecule is O=C(NCCCN1CCOCC1)C(=O)N/N=C\c1ccc(OCc2ccc(Br)cc2)cc1. The van der Waals surface area contributed by atoms with Crippen LogP contribution in [0.5, 0.6) is 5.75 Å². The zero-order valence-corrected chi connectivity index (χ0v) is 19.3. The van der Waals surface area contributed by atoms with E-state index in [9.17, 15) is 9.59 Å². The van der Waals surface area contributed by atoms with Crippen LogP contribution in [-0.2, 0) is 20.9 Å². The molecule has 170 valence electrons. The Morgan fingerprint density at radius 2 is 1.78 bits per heavy atom. The molecule has 0 saturated carbocycles. The van der Waals surface area contributed by atoms with Crippen LogP contribution in [0.3, 0.4) is 0 Å². The average Bonchev–Trinajstić information content (AvgIpc) is 2.83. The Bertz CT molecular complexity index is 897. The van der Waals surface area contributed by atoms with Crippen molar-refractivity contribution in [3.05, 3.63) is 64.1 Å². The number of carbonyl (C=O) groups excluding carboxylic acids is 2. The Morgan fingerprint density at radius 1 is 1.06 bits per heavy atom. The summed E-state index contributed by atoms with van der Waals surface area (Å²) in [4.78, 5) is 26.0. The molecule has 9 heteroatoms. The number of hydrogen-bond donors (Lipinski definition) is 2. The summed E-state index contributed by atoms with van der Waals surface area (Å²) < 4.78 is 12.1. The highest BCUT2D eigenvalue weighted by atomic mass is 79.9. The summed E-state index contributed by atoms with van der Waals surface area (Å²) in [6.45, 7) is 5.07. The first-order valence-electron chi connectivity index (χ1n) is 10.5. The lowest BCUT2D eigenvalue weighted by Gasteiger charge is -2.26. The fourth-order valence-electron chi connectivity index (χ4n) is 3.02. The van der Waals surface area contributed by atoms with E-state index in [1.807, 2.05) is 48.5 Å². The van der Waals surface area contributed by atoms with E-state index in [-0.39, 0.29) is 0 Å². The summed E-state index contributed by atoms with van der Waals surface area (Å²) in [5.41, 5.74) is 4.08. The summed E-state index contributed by atoms with van der Waals surface area (Å²) in [6, 6.07) is 15.2. The monoisotopic (exact) mass is 502 g/mol. The lowest BCUT2D eigenvalue weighted by Crippen LogP contribution is -2.40. The van der Waals surface area contributed by atoms with E-state index in [0.29, 0.717) is 13.2 Å². The minimum absolute atomic E-state index is 0.440. The van der Waals surface area contributed by atoms with Crippen LogP contribution < -0.4 is 15.5 Å². The van der Waals surface area contributed by atoms with E-state index in [4.69, 9.17) is 9.47 Å². The van der Waals surface area contributed by atoms with Crippen LogP contribution in [-0.4, -0.2) is 62.3 Å². The van der Waals surface area contributed by atoms with Crippen LogP contribution in [0, 0.1) is 0 Å². The van der Waals surface area contributed by atoms with Crippen molar-refractivity contribution in [2.45, 2.75) is 13.0 Å². The highest BCUT2D eigenvalue weighted by Crippen LogP contribution is 2.15. The van der Waals surface area contributed by atoms with Gasteiger partial charge in [-0.25, -0.2) is 5.43 Å². The summed E-state index contributed by atoms with van der Waals surface area (Å²) in [6.07, 6.45) is 2.25. The predicted octanol–water partition coefficient (Wildman–Crippen LogP) is 2.32. The second-order valence-electron chi connectivity index (χ2n) is 7.25. The number of morpholine rings is 1. The highest BCUT2D eigenvalue weighted by Gasteiger charge is 2.13. The third-order valence-corrected chi connectivity index (χ3v) is 5.35. The lowest BCUT2D eigenvalue weighted by molar-refractivity contribution is -0.139. The molecule has 2 aromatic carbocycles. The van der Waals surface area contributed by atoms with Crippen LogP contribution in [0.25, 0.3) is 0 Å². The second kappa shape index (κ2) is 12.9. The van der Waals surface area contributed by atoms with Gasteiger partial charge in [-0.2, -0.15) is 5.10 Å². The average molecular weight is 503 g/mol. The molecule has 2 amide bonds. The molecule has 1 saturated heterocycles. The minimum atomic E-state index is -0.790. The van der Waals surface area contributed by atoms with Crippen molar-refractivity contribution in [2.75, 3.05) is 39.4 Å². The Kier molecular flexibility index (Phi) is 9.67. The first-order chi connectivity index (χ1) is 15.6. The minimum Gasteiger partial charge on any atom is -0.489 e. The van der Waals surface area contributed by atoms with Crippen molar-refractivity contribution >= 4 is 34.0 Å². The van der Waals surface area contributed by atoms with Gasteiger partial charge in [0.25, 0.3) is 0 Å². The molecule has 1 fully saturated rings. The summed E-state index contributed by atoms with van der Waals surface area (Å²) in [5, 5.41) is 6.45. The van der Waals surface area contributed by atoms with Crippen molar-refractivity contribution in [1.29, 1.82) is 0 Å². The Morgan fingerprint density at radius 3 is 2.50 bits per heavy atom. The van der Waals surface area contributed by atoms with Gasteiger partial charge in [0.15, 0.2) is 0 Å². The molecule has 0 spiro atoms. The van der Waals surface area contributed by atoms with Gasteiger partial charge in [0.05, 0.1) is 19.4 Å². The number of benzene rings is 2. The normalized spacial score (nSPS) is 14.3. The molecule has 3 rings (SSSR count). The zero-order chi connectivity index (χ0) is 22.6. The Hall–Kier alpha value is -2.75. The topological polar surface area (TPSA) is 92.3 Å². The van der Waals surface area contributed by atoms with Crippen molar-refractivity contribution in [3.63, 3.8) is 0 Å². The molecule has 0 bridgehead atoms. The van der Waals surface area contributed by atoms with Crippen LogP contribution in [0.4, 0.5) is 0 Å². The van der Waals surface area contributed by atoms with Gasteiger partial charge in [0.1, 0.15) is 12.4 Å². The van der Waals surface area contributed by atoms with E-state index in [2.05, 4.69) is 36.7 Å². The van der Waals surface area contributed by atoms with Crippen molar-refractivity contribution in [2.24, 2.45) is 5.10 Å². The summed E-state index contributed by atoms with van der Waals surface area (Å²) in [5.74, 6) is -0.756. The number of nitrogens with zero attached hydrogens (tertiary/aromatic N) is 2. The molecule has 0 unspecified atom stereocenters. The van der Waals surface area contributed by atoms with Crippen LogP contribution in [0.1, 0.15) is 17.5 Å². The third-order valence-electron chi connectivity index (χ3n) is 4.83. The van der Waals surface area contributed by atoms with Gasteiger partial charge in [0.2, 0.25) is 0 Å². The molecule has 2 N–H and O–H groups in total. The first kappa shape index (κ1) is 23.9. The Labute approximate surface area is 196 Å². The number of halogens is 1. The summed E-state index contributed by atoms with van der Waals surface area (Å²) >= 11 is 3.41. The standard InChI is InChI=1S/C23H27BrN4O4/c24-20-6-2-19(3-7-20)17-32-21-8-4-18(5-9-21)16-26-27-23(30)22(29)25-10-1-11-28-12-14-31-15-13-28/h2-9,16H,1,10-15,17H2,(H,25,29)(H,27,30)/b26-16-. The molecule has 0 aromatic heterocycles. The number of carbonyl (C=O) groups is 2. The molecule has 0 aliphatic carbocycles. The number of hydrazone groups is 1. The van der Waals surface area contributed by atoms with E-state index in [1.165, 1.54) is 6.21 Å². The highest BCUT2D eigenvalue weighted by molar-refractivity contribution is 9.10. The number of amides is 2. The van der Waals surface area contributed by atoms with Gasteiger partial charge >= 0.3 is 11.8 Å². The van der Waals surface area contributed by atoms with Gasteiger partial charge in [-0.1, -0.05) is 28.1 Å². The largest absolute Gasteiger partial charge is 0.489 e. The van der Waals surface area contributed by atoms with Gasteiger partial charge in [0, 0.05) is 24.1 Å². The first-order valence-corrected chi connectivity index (χ1v) is 11.3. The van der Waals surface area contributed by atoms with Gasteiger partial charge < -0.3 is 14.8 Å². The Balaban J connectivity index is 1.32. The maximum absolute atomic E-state index is 11.8. The molecule has 1 heterocycles. The molecule has 0 atom stereocenters. The molecule has 0 radical (unpaired) electrons. The molecular formula is C23H27BrN4O4. The van der Waals surface area contributed by atoms with E-state index < -0.39 is 11.8 Å². The van der Waals surface area contributed by atoms with Crippen LogP contribution in [0.15, 0.2) is 58.1 Å². The molecular weight excluding hydrogens is 476 g/mol. The van der Waals surface area contributed by atoms with Gasteiger partial charge in [-0.05, 0) is 60.5 Å². The lowest BCUT2D eigenvalue weighted by atomic mass is 10.2. The van der Waals surface area contributed by atoms with E-state index in [0.717, 1.165) is 60.6 Å². The number of nitrogens with one attached hydrogen (secondary N) is 2. The van der Waals surface area contributed by atoms with Crippen LogP contribution >= 0.6 is 15.9 Å². The molecule has 32 heavy (non-hydrogen) atoms. The number of ether oxygens (including phenoxy) is 2. The molecule has 2 aromatic rings. The maximum Gasteiger partial charge on any atom is 0.329 e.